The minimum atomic E-state index is -0.140. The fourth-order valence-electron chi connectivity index (χ4n) is 2.23. The van der Waals surface area contributed by atoms with Gasteiger partial charge in [0.15, 0.2) is 5.78 Å². The third kappa shape index (κ3) is 6.55. The molecule has 0 heterocycles. The number of ketones is 1. The number of aryl methyl sites for hydroxylation is 1. The quantitative estimate of drug-likeness (QED) is 0.387. The first-order valence-electron chi connectivity index (χ1n) is 7.64. The highest BCUT2D eigenvalue weighted by Crippen LogP contribution is 2.15. The van der Waals surface area contributed by atoms with E-state index in [1.807, 2.05) is 24.3 Å². The summed E-state index contributed by atoms with van der Waals surface area (Å²) in [6.07, 6.45) is 10.2. The molecule has 2 heteroatoms. The van der Waals surface area contributed by atoms with Crippen LogP contribution in [0.2, 0.25) is 0 Å². The molecule has 0 aliphatic rings. The van der Waals surface area contributed by atoms with Gasteiger partial charge >= 0.3 is 0 Å². The maximum absolute atomic E-state index is 10.9. The van der Waals surface area contributed by atoms with Crippen LogP contribution in [0.25, 0.3) is 5.76 Å². The van der Waals surface area contributed by atoms with E-state index in [4.69, 9.17) is 0 Å². The normalized spacial score (nSPS) is 11.6. The van der Waals surface area contributed by atoms with Gasteiger partial charge in [-0.05, 0) is 25.3 Å². The summed E-state index contributed by atoms with van der Waals surface area (Å²) in [5.41, 5.74) is 1.99. The maximum Gasteiger partial charge on any atom is 0.156 e. The molecule has 0 amide bonds. The first-order valence-corrected chi connectivity index (χ1v) is 7.64. The monoisotopic (exact) mass is 274 g/mol. The van der Waals surface area contributed by atoms with Crippen molar-refractivity contribution in [3.05, 3.63) is 41.5 Å². The predicted octanol–water partition coefficient (Wildman–Crippen LogP) is 5.08. The molecule has 20 heavy (non-hydrogen) atoms. The van der Waals surface area contributed by atoms with E-state index in [0.717, 1.165) is 6.42 Å². The van der Waals surface area contributed by atoms with E-state index in [9.17, 15) is 9.90 Å². The van der Waals surface area contributed by atoms with Gasteiger partial charge in [-0.15, -0.1) is 0 Å². The lowest BCUT2D eigenvalue weighted by Gasteiger charge is -2.04. The SMILES string of the molecule is CCCCCCCCc1ccc(C(O)=CC(C)=O)cc1. The van der Waals surface area contributed by atoms with Gasteiger partial charge in [-0.25, -0.2) is 0 Å². The molecule has 0 unspecified atom stereocenters. The van der Waals surface area contributed by atoms with Crippen molar-refractivity contribution in [1.82, 2.24) is 0 Å². The van der Waals surface area contributed by atoms with Crippen LogP contribution >= 0.6 is 0 Å². The number of hydrogen-bond donors (Lipinski definition) is 1. The Bertz CT molecular complexity index is 429. The van der Waals surface area contributed by atoms with Gasteiger partial charge in [0.25, 0.3) is 0 Å². The Labute approximate surface area is 122 Å². The lowest BCUT2D eigenvalue weighted by Crippen LogP contribution is -1.91. The molecule has 0 atom stereocenters. The van der Waals surface area contributed by atoms with E-state index in [0.29, 0.717) is 5.56 Å². The second-order valence-electron chi connectivity index (χ2n) is 5.35. The summed E-state index contributed by atoms with van der Waals surface area (Å²) in [5, 5.41) is 9.72. The van der Waals surface area contributed by atoms with Gasteiger partial charge in [0.1, 0.15) is 5.76 Å². The zero-order chi connectivity index (χ0) is 14.8. The fraction of sp³-hybridized carbons (Fsp3) is 0.500. The van der Waals surface area contributed by atoms with Crippen LogP contribution in [0.3, 0.4) is 0 Å². The molecule has 1 aromatic rings. The highest BCUT2D eigenvalue weighted by atomic mass is 16.3. The molecule has 0 aromatic heterocycles. The zero-order valence-electron chi connectivity index (χ0n) is 12.7. The summed E-state index contributed by atoms with van der Waals surface area (Å²) in [6.45, 7) is 3.67. The van der Waals surface area contributed by atoms with Crippen molar-refractivity contribution in [3.63, 3.8) is 0 Å². The van der Waals surface area contributed by atoms with Crippen LogP contribution in [0, 0.1) is 0 Å². The molecule has 0 spiro atoms. The number of allylic oxidation sites excluding steroid dienone is 1. The van der Waals surface area contributed by atoms with Gasteiger partial charge in [-0.1, -0.05) is 63.3 Å². The molecule has 110 valence electrons. The number of aliphatic hydroxyl groups is 1. The summed E-state index contributed by atoms with van der Waals surface area (Å²) < 4.78 is 0. The maximum atomic E-state index is 10.9. The highest BCUT2D eigenvalue weighted by molar-refractivity contribution is 5.93. The molecule has 1 aromatic carbocycles. The van der Waals surface area contributed by atoms with E-state index in [1.165, 1.54) is 57.1 Å². The lowest BCUT2D eigenvalue weighted by atomic mass is 10.0. The number of benzene rings is 1. The Hall–Kier alpha value is -1.57. The molecule has 0 aliphatic heterocycles. The Balaban J connectivity index is 2.37. The van der Waals surface area contributed by atoms with E-state index >= 15 is 0 Å². The van der Waals surface area contributed by atoms with Crippen molar-refractivity contribution < 1.29 is 9.90 Å². The molecule has 1 N–H and O–H groups in total. The van der Waals surface area contributed by atoms with Crippen molar-refractivity contribution in [2.45, 2.75) is 58.8 Å². The van der Waals surface area contributed by atoms with Crippen LogP contribution in [0.15, 0.2) is 30.3 Å². The highest BCUT2D eigenvalue weighted by Gasteiger charge is 2.01. The third-order valence-corrected chi connectivity index (χ3v) is 3.41. The summed E-state index contributed by atoms with van der Waals surface area (Å²) in [4.78, 5) is 10.9. The van der Waals surface area contributed by atoms with Crippen LogP contribution in [-0.4, -0.2) is 10.9 Å². The zero-order valence-corrected chi connectivity index (χ0v) is 12.7. The molecule has 2 nitrogen and oxygen atoms in total. The average Bonchev–Trinajstić information content (AvgIpc) is 2.42. The third-order valence-electron chi connectivity index (χ3n) is 3.41. The van der Waals surface area contributed by atoms with Crippen LogP contribution in [0.1, 0.15) is 63.5 Å². The Morgan fingerprint density at radius 2 is 1.65 bits per heavy atom. The standard InChI is InChI=1S/C18H26O2/c1-3-4-5-6-7-8-9-16-10-12-17(13-11-16)18(20)14-15(2)19/h10-14,20H,3-9H2,1-2H3. The molecule has 0 saturated heterocycles. The second kappa shape index (κ2) is 9.35. The van der Waals surface area contributed by atoms with Gasteiger partial charge < -0.3 is 5.11 Å². The Morgan fingerprint density at radius 3 is 2.25 bits per heavy atom. The van der Waals surface area contributed by atoms with Crippen molar-refractivity contribution in [1.29, 1.82) is 0 Å². The Kier molecular flexibility index (Phi) is 7.71. The van der Waals surface area contributed by atoms with Gasteiger partial charge in [0, 0.05) is 11.6 Å². The van der Waals surface area contributed by atoms with Gasteiger partial charge in [-0.3, -0.25) is 4.79 Å². The molecular formula is C18H26O2. The van der Waals surface area contributed by atoms with Gasteiger partial charge in [0.05, 0.1) is 0 Å². The van der Waals surface area contributed by atoms with E-state index < -0.39 is 0 Å². The first-order chi connectivity index (χ1) is 9.63. The van der Waals surface area contributed by atoms with Crippen molar-refractivity contribution in [2.75, 3.05) is 0 Å². The van der Waals surface area contributed by atoms with E-state index in [2.05, 4.69) is 6.92 Å². The Morgan fingerprint density at radius 1 is 1.05 bits per heavy atom. The second-order valence-corrected chi connectivity index (χ2v) is 5.35. The average molecular weight is 274 g/mol. The van der Waals surface area contributed by atoms with E-state index in [-0.39, 0.29) is 11.5 Å². The van der Waals surface area contributed by atoms with E-state index in [1.54, 1.807) is 0 Å². The van der Waals surface area contributed by atoms with Gasteiger partial charge in [-0.2, -0.15) is 0 Å². The minimum Gasteiger partial charge on any atom is -0.507 e. The number of aliphatic hydroxyl groups excluding tert-OH is 1. The number of rotatable bonds is 9. The predicted molar refractivity (Wildman–Crippen MR) is 84.8 cm³/mol. The largest absolute Gasteiger partial charge is 0.507 e. The van der Waals surface area contributed by atoms with Crippen LogP contribution in [0.4, 0.5) is 0 Å². The number of hydrogen-bond acceptors (Lipinski definition) is 2. The molecule has 0 bridgehead atoms. The summed E-state index contributed by atoms with van der Waals surface area (Å²) in [5.74, 6) is -0.0951. The number of carbonyl (C=O) groups excluding carboxylic acids is 1. The number of carbonyl (C=O) groups is 1. The van der Waals surface area contributed by atoms with Crippen LogP contribution < -0.4 is 0 Å². The minimum absolute atomic E-state index is 0.0450. The smallest absolute Gasteiger partial charge is 0.156 e. The topological polar surface area (TPSA) is 37.3 Å². The van der Waals surface area contributed by atoms with Crippen molar-refractivity contribution in [2.24, 2.45) is 0 Å². The molecule has 0 saturated carbocycles. The van der Waals surface area contributed by atoms with Crippen LogP contribution in [-0.2, 0) is 11.2 Å². The molecule has 0 radical (unpaired) electrons. The van der Waals surface area contributed by atoms with Crippen LogP contribution in [0.5, 0.6) is 0 Å². The molecule has 1 rings (SSSR count). The van der Waals surface area contributed by atoms with Gasteiger partial charge in [0.2, 0.25) is 0 Å². The van der Waals surface area contributed by atoms with Crippen molar-refractivity contribution >= 4 is 11.5 Å². The first kappa shape index (κ1) is 16.5. The summed E-state index contributed by atoms with van der Waals surface area (Å²) >= 11 is 0. The lowest BCUT2D eigenvalue weighted by molar-refractivity contribution is -0.112. The van der Waals surface area contributed by atoms with Crippen molar-refractivity contribution in [3.8, 4) is 0 Å². The summed E-state index contributed by atoms with van der Waals surface area (Å²) in [6, 6.07) is 7.82. The number of unbranched alkanes of at least 4 members (excludes halogenated alkanes) is 5. The fourth-order valence-corrected chi connectivity index (χ4v) is 2.23. The summed E-state index contributed by atoms with van der Waals surface area (Å²) in [7, 11) is 0. The molecule has 0 fully saturated rings. The molecule has 0 aliphatic carbocycles. The molecular weight excluding hydrogens is 248 g/mol.